The number of aliphatic carboxylic acids is 1. The molecule has 0 aliphatic rings. The lowest BCUT2D eigenvalue weighted by molar-refractivity contribution is -0.145. The molecule has 0 rings (SSSR count). The van der Waals surface area contributed by atoms with Crippen LogP contribution in [0.5, 0.6) is 0 Å². The maximum absolute atomic E-state index is 11.5. The highest BCUT2D eigenvalue weighted by molar-refractivity contribution is 5.72. The standard InChI is InChI=1S/C15H28O4/c1-3-5-6-7-8-9-10-19-15(18)12-13(4-2)11-14(16)17/h13H,3-12H2,1-2H3,(H,16,17). The molecule has 0 aliphatic heterocycles. The van der Waals surface area contributed by atoms with E-state index in [0.717, 1.165) is 12.8 Å². The third-order valence-corrected chi connectivity index (χ3v) is 3.26. The Morgan fingerprint density at radius 3 is 2.21 bits per heavy atom. The van der Waals surface area contributed by atoms with Crippen LogP contribution in [0.3, 0.4) is 0 Å². The summed E-state index contributed by atoms with van der Waals surface area (Å²) in [6.07, 6.45) is 7.91. The first-order chi connectivity index (χ1) is 9.10. The molecule has 0 fully saturated rings. The monoisotopic (exact) mass is 272 g/mol. The van der Waals surface area contributed by atoms with Crippen molar-refractivity contribution >= 4 is 11.9 Å². The molecule has 0 aromatic heterocycles. The molecule has 4 nitrogen and oxygen atoms in total. The van der Waals surface area contributed by atoms with E-state index in [2.05, 4.69) is 6.92 Å². The molecule has 0 aromatic rings. The Balaban J connectivity index is 3.54. The molecule has 0 radical (unpaired) electrons. The number of carboxylic acid groups (broad SMARTS) is 1. The number of hydrogen-bond donors (Lipinski definition) is 1. The van der Waals surface area contributed by atoms with Gasteiger partial charge >= 0.3 is 11.9 Å². The molecule has 0 aliphatic carbocycles. The number of carbonyl (C=O) groups is 2. The maximum Gasteiger partial charge on any atom is 0.306 e. The van der Waals surface area contributed by atoms with E-state index in [1.807, 2.05) is 6.92 Å². The lowest BCUT2D eigenvalue weighted by atomic mass is 9.99. The maximum atomic E-state index is 11.5. The van der Waals surface area contributed by atoms with Crippen LogP contribution in [0.4, 0.5) is 0 Å². The Labute approximate surface area is 116 Å². The summed E-state index contributed by atoms with van der Waals surface area (Å²) >= 11 is 0. The van der Waals surface area contributed by atoms with Gasteiger partial charge < -0.3 is 9.84 Å². The van der Waals surface area contributed by atoms with Crippen LogP contribution in [-0.4, -0.2) is 23.7 Å². The van der Waals surface area contributed by atoms with E-state index in [4.69, 9.17) is 9.84 Å². The van der Waals surface area contributed by atoms with Crippen LogP contribution in [0.25, 0.3) is 0 Å². The zero-order valence-electron chi connectivity index (χ0n) is 12.3. The fourth-order valence-corrected chi connectivity index (χ4v) is 1.97. The number of unbranched alkanes of at least 4 members (excludes halogenated alkanes) is 5. The smallest absolute Gasteiger partial charge is 0.306 e. The van der Waals surface area contributed by atoms with Crippen LogP contribution in [0.1, 0.15) is 71.6 Å². The molecule has 4 heteroatoms. The molecule has 112 valence electrons. The number of carboxylic acids is 1. The average molecular weight is 272 g/mol. The largest absolute Gasteiger partial charge is 0.481 e. The van der Waals surface area contributed by atoms with Crippen molar-refractivity contribution in [3.63, 3.8) is 0 Å². The van der Waals surface area contributed by atoms with Crippen molar-refractivity contribution < 1.29 is 19.4 Å². The first kappa shape index (κ1) is 17.9. The quantitative estimate of drug-likeness (QED) is 0.434. The van der Waals surface area contributed by atoms with Gasteiger partial charge in [-0.15, -0.1) is 0 Å². The van der Waals surface area contributed by atoms with Crippen molar-refractivity contribution in [1.82, 2.24) is 0 Å². The fraction of sp³-hybridized carbons (Fsp3) is 0.867. The normalized spacial score (nSPS) is 12.1. The lowest BCUT2D eigenvalue weighted by Crippen LogP contribution is -2.15. The van der Waals surface area contributed by atoms with Gasteiger partial charge in [-0.1, -0.05) is 52.4 Å². The predicted molar refractivity (Wildman–Crippen MR) is 75.0 cm³/mol. The second kappa shape index (κ2) is 12.0. The Hall–Kier alpha value is -1.06. The van der Waals surface area contributed by atoms with Crippen molar-refractivity contribution in [2.75, 3.05) is 6.61 Å². The molecule has 0 amide bonds. The molecule has 0 saturated heterocycles. The van der Waals surface area contributed by atoms with Gasteiger partial charge in [0.2, 0.25) is 0 Å². The second-order valence-corrected chi connectivity index (χ2v) is 5.06. The highest BCUT2D eigenvalue weighted by Gasteiger charge is 2.16. The van der Waals surface area contributed by atoms with Gasteiger partial charge in [-0.05, 0) is 12.3 Å². The first-order valence-electron chi connectivity index (χ1n) is 7.47. The summed E-state index contributed by atoms with van der Waals surface area (Å²) < 4.78 is 5.13. The van der Waals surface area contributed by atoms with E-state index >= 15 is 0 Å². The highest BCUT2D eigenvalue weighted by atomic mass is 16.5. The van der Waals surface area contributed by atoms with E-state index in [9.17, 15) is 9.59 Å². The SMILES string of the molecule is CCCCCCCCOC(=O)CC(CC)CC(=O)O. The Bertz CT molecular complexity index is 251. The minimum Gasteiger partial charge on any atom is -0.481 e. The summed E-state index contributed by atoms with van der Waals surface area (Å²) in [6.45, 7) is 4.55. The first-order valence-corrected chi connectivity index (χ1v) is 7.47. The van der Waals surface area contributed by atoms with Crippen LogP contribution in [0.15, 0.2) is 0 Å². The lowest BCUT2D eigenvalue weighted by Gasteiger charge is -2.11. The number of ether oxygens (including phenoxy) is 1. The molecule has 0 heterocycles. The molecule has 1 atom stereocenters. The third-order valence-electron chi connectivity index (χ3n) is 3.26. The minimum atomic E-state index is -0.851. The summed E-state index contributed by atoms with van der Waals surface area (Å²) in [5.41, 5.74) is 0. The van der Waals surface area contributed by atoms with Crippen molar-refractivity contribution in [1.29, 1.82) is 0 Å². The minimum absolute atomic E-state index is 0.0443. The van der Waals surface area contributed by atoms with Gasteiger partial charge in [0.05, 0.1) is 6.61 Å². The summed E-state index contributed by atoms with van der Waals surface area (Å²) in [6, 6.07) is 0. The van der Waals surface area contributed by atoms with Gasteiger partial charge in [0, 0.05) is 12.8 Å². The summed E-state index contributed by atoms with van der Waals surface area (Å²) in [5.74, 6) is -1.22. The van der Waals surface area contributed by atoms with E-state index < -0.39 is 5.97 Å². The predicted octanol–water partition coefficient (Wildman–Crippen LogP) is 3.78. The average Bonchev–Trinajstić information content (AvgIpc) is 2.36. The zero-order valence-corrected chi connectivity index (χ0v) is 12.3. The summed E-state index contributed by atoms with van der Waals surface area (Å²) in [4.78, 5) is 22.1. The topological polar surface area (TPSA) is 63.6 Å². The molecule has 1 N–H and O–H groups in total. The van der Waals surface area contributed by atoms with Crippen molar-refractivity contribution in [3.05, 3.63) is 0 Å². The van der Waals surface area contributed by atoms with Gasteiger partial charge in [0.1, 0.15) is 0 Å². The van der Waals surface area contributed by atoms with Crippen molar-refractivity contribution in [3.8, 4) is 0 Å². The van der Waals surface area contributed by atoms with E-state index in [0.29, 0.717) is 13.0 Å². The summed E-state index contributed by atoms with van der Waals surface area (Å²) in [7, 11) is 0. The Kier molecular flexibility index (Phi) is 11.3. The van der Waals surface area contributed by atoms with Crippen LogP contribution in [-0.2, 0) is 14.3 Å². The molecule has 0 saturated carbocycles. The van der Waals surface area contributed by atoms with Gasteiger partial charge in [0.25, 0.3) is 0 Å². The van der Waals surface area contributed by atoms with E-state index in [1.54, 1.807) is 0 Å². The molecule has 0 spiro atoms. The number of esters is 1. The zero-order chi connectivity index (χ0) is 14.5. The Morgan fingerprint density at radius 2 is 1.63 bits per heavy atom. The summed E-state index contributed by atoms with van der Waals surface area (Å²) in [5, 5.41) is 8.69. The van der Waals surface area contributed by atoms with Gasteiger partial charge in [-0.25, -0.2) is 0 Å². The molecular weight excluding hydrogens is 244 g/mol. The van der Waals surface area contributed by atoms with Crippen LogP contribution in [0, 0.1) is 5.92 Å². The second-order valence-electron chi connectivity index (χ2n) is 5.06. The molecule has 0 bridgehead atoms. The van der Waals surface area contributed by atoms with Gasteiger partial charge in [-0.2, -0.15) is 0 Å². The molecule has 0 aromatic carbocycles. The number of rotatable bonds is 12. The van der Waals surface area contributed by atoms with Crippen LogP contribution < -0.4 is 0 Å². The van der Waals surface area contributed by atoms with Gasteiger partial charge in [0.15, 0.2) is 0 Å². The molecule has 19 heavy (non-hydrogen) atoms. The van der Waals surface area contributed by atoms with E-state index in [1.165, 1.54) is 25.7 Å². The molecule has 1 unspecified atom stereocenters. The van der Waals surface area contributed by atoms with Crippen molar-refractivity contribution in [2.24, 2.45) is 5.92 Å². The number of carbonyl (C=O) groups excluding carboxylic acids is 1. The number of hydrogen-bond acceptors (Lipinski definition) is 3. The van der Waals surface area contributed by atoms with Crippen molar-refractivity contribution in [2.45, 2.75) is 71.6 Å². The van der Waals surface area contributed by atoms with Crippen LogP contribution in [0.2, 0.25) is 0 Å². The third kappa shape index (κ3) is 11.7. The van der Waals surface area contributed by atoms with E-state index in [-0.39, 0.29) is 24.7 Å². The van der Waals surface area contributed by atoms with Gasteiger partial charge in [-0.3, -0.25) is 9.59 Å². The van der Waals surface area contributed by atoms with Crippen LogP contribution >= 0.6 is 0 Å². The molecular formula is C15H28O4. The Morgan fingerprint density at radius 1 is 1.00 bits per heavy atom. The highest BCUT2D eigenvalue weighted by Crippen LogP contribution is 2.14. The fourth-order valence-electron chi connectivity index (χ4n) is 1.97.